The topological polar surface area (TPSA) is 46.5 Å². The third-order valence-corrected chi connectivity index (χ3v) is 2.91. The summed E-state index contributed by atoms with van der Waals surface area (Å²) in [5.41, 5.74) is 0.620. The molecular formula is C12H16O3S. The Labute approximate surface area is 99.8 Å². The van der Waals surface area contributed by atoms with Crippen molar-refractivity contribution >= 4 is 17.5 Å². The summed E-state index contributed by atoms with van der Waals surface area (Å²) in [5, 5.41) is 8.59. The number of rotatable bonds is 7. The predicted octanol–water partition coefficient (Wildman–Crippen LogP) is 1.99. The van der Waals surface area contributed by atoms with Crippen LogP contribution in [0.2, 0.25) is 0 Å². The van der Waals surface area contributed by atoms with Crippen LogP contribution in [0.3, 0.4) is 0 Å². The largest absolute Gasteiger partial charge is 0.492 e. The molecule has 0 atom stereocenters. The van der Waals surface area contributed by atoms with Crippen molar-refractivity contribution in [3.63, 3.8) is 0 Å². The highest BCUT2D eigenvalue weighted by Crippen LogP contribution is 2.18. The summed E-state index contributed by atoms with van der Waals surface area (Å²) in [6, 6.07) is 7.23. The lowest BCUT2D eigenvalue weighted by Crippen LogP contribution is -2.05. The smallest absolute Gasteiger partial charge is 0.163 e. The molecule has 4 heteroatoms. The van der Waals surface area contributed by atoms with Crippen LogP contribution in [0.5, 0.6) is 5.75 Å². The van der Waals surface area contributed by atoms with E-state index in [9.17, 15) is 4.79 Å². The second-order valence-electron chi connectivity index (χ2n) is 3.24. The Morgan fingerprint density at radius 2 is 2.12 bits per heavy atom. The van der Waals surface area contributed by atoms with Gasteiger partial charge in [0.15, 0.2) is 5.78 Å². The highest BCUT2D eigenvalue weighted by molar-refractivity contribution is 7.99. The van der Waals surface area contributed by atoms with Gasteiger partial charge >= 0.3 is 0 Å². The van der Waals surface area contributed by atoms with E-state index in [0.717, 1.165) is 11.5 Å². The van der Waals surface area contributed by atoms with E-state index in [2.05, 4.69) is 0 Å². The zero-order chi connectivity index (χ0) is 11.8. The van der Waals surface area contributed by atoms with Crippen LogP contribution in [0.25, 0.3) is 0 Å². The number of ketones is 1. The lowest BCUT2D eigenvalue weighted by Gasteiger charge is -2.08. The minimum Gasteiger partial charge on any atom is -0.492 e. The maximum atomic E-state index is 11.3. The number of Topliss-reactive ketones (excluding diaryl/α,β-unsaturated/α-hetero) is 1. The minimum atomic E-state index is 0.0126. The number of para-hydroxylation sites is 1. The number of thioether (sulfide) groups is 1. The fraction of sp³-hybridized carbons (Fsp3) is 0.417. The number of ether oxygens (including phenoxy) is 1. The SMILES string of the molecule is CC(=O)c1ccccc1OCCSCCO. The van der Waals surface area contributed by atoms with Crippen LogP contribution in [0, 0.1) is 0 Å². The maximum Gasteiger partial charge on any atom is 0.163 e. The first-order valence-electron chi connectivity index (χ1n) is 5.17. The summed E-state index contributed by atoms with van der Waals surface area (Å²) >= 11 is 1.63. The number of benzene rings is 1. The van der Waals surface area contributed by atoms with E-state index in [1.54, 1.807) is 23.9 Å². The Hall–Kier alpha value is -1.00. The van der Waals surface area contributed by atoms with E-state index in [1.165, 1.54) is 6.92 Å². The second kappa shape index (κ2) is 7.30. The van der Waals surface area contributed by atoms with Gasteiger partial charge in [-0.1, -0.05) is 12.1 Å². The molecule has 0 saturated heterocycles. The molecule has 88 valence electrons. The van der Waals surface area contributed by atoms with E-state index in [1.807, 2.05) is 12.1 Å². The molecule has 16 heavy (non-hydrogen) atoms. The molecule has 0 saturated carbocycles. The second-order valence-corrected chi connectivity index (χ2v) is 4.46. The number of hydrogen-bond acceptors (Lipinski definition) is 4. The van der Waals surface area contributed by atoms with Crippen molar-refractivity contribution in [1.29, 1.82) is 0 Å². The third-order valence-electron chi connectivity index (χ3n) is 1.99. The van der Waals surface area contributed by atoms with Crippen molar-refractivity contribution in [2.75, 3.05) is 24.7 Å². The Morgan fingerprint density at radius 1 is 1.38 bits per heavy atom. The van der Waals surface area contributed by atoms with Gasteiger partial charge in [0, 0.05) is 11.5 Å². The molecule has 0 unspecified atom stereocenters. The lowest BCUT2D eigenvalue weighted by molar-refractivity contribution is 0.101. The number of aliphatic hydroxyl groups excluding tert-OH is 1. The molecule has 0 radical (unpaired) electrons. The van der Waals surface area contributed by atoms with Gasteiger partial charge in [-0.05, 0) is 19.1 Å². The van der Waals surface area contributed by atoms with Crippen molar-refractivity contribution in [2.24, 2.45) is 0 Å². The van der Waals surface area contributed by atoms with Crippen molar-refractivity contribution in [2.45, 2.75) is 6.92 Å². The molecule has 0 amide bonds. The lowest BCUT2D eigenvalue weighted by atomic mass is 10.1. The Bertz CT molecular complexity index is 339. The quantitative estimate of drug-likeness (QED) is 0.585. The fourth-order valence-electron chi connectivity index (χ4n) is 1.26. The van der Waals surface area contributed by atoms with E-state index in [4.69, 9.17) is 9.84 Å². The molecule has 0 bridgehead atoms. The zero-order valence-electron chi connectivity index (χ0n) is 9.31. The minimum absolute atomic E-state index is 0.0126. The van der Waals surface area contributed by atoms with Crippen molar-refractivity contribution < 1.29 is 14.6 Å². The number of aliphatic hydroxyl groups is 1. The van der Waals surface area contributed by atoms with Gasteiger partial charge < -0.3 is 9.84 Å². The van der Waals surface area contributed by atoms with Gasteiger partial charge in [-0.2, -0.15) is 11.8 Å². The average Bonchev–Trinajstić information content (AvgIpc) is 2.29. The van der Waals surface area contributed by atoms with Crippen molar-refractivity contribution in [3.05, 3.63) is 29.8 Å². The predicted molar refractivity (Wildman–Crippen MR) is 66.4 cm³/mol. The molecule has 1 aromatic rings. The number of carbonyl (C=O) groups excluding carboxylic acids is 1. The molecular weight excluding hydrogens is 224 g/mol. The molecule has 0 heterocycles. The van der Waals surface area contributed by atoms with Gasteiger partial charge in [-0.25, -0.2) is 0 Å². The van der Waals surface area contributed by atoms with Crippen LogP contribution in [0.1, 0.15) is 17.3 Å². The van der Waals surface area contributed by atoms with Crippen LogP contribution in [-0.2, 0) is 0 Å². The monoisotopic (exact) mass is 240 g/mol. The van der Waals surface area contributed by atoms with Crippen LogP contribution < -0.4 is 4.74 Å². The molecule has 0 spiro atoms. The highest BCUT2D eigenvalue weighted by atomic mass is 32.2. The standard InChI is InChI=1S/C12H16O3S/c1-10(14)11-4-2-3-5-12(11)15-7-9-16-8-6-13/h2-5,13H,6-9H2,1H3. The first kappa shape index (κ1) is 13.1. The van der Waals surface area contributed by atoms with Crippen LogP contribution >= 0.6 is 11.8 Å². The zero-order valence-corrected chi connectivity index (χ0v) is 10.1. The van der Waals surface area contributed by atoms with Gasteiger partial charge in [0.1, 0.15) is 5.75 Å². The van der Waals surface area contributed by atoms with Crippen LogP contribution in [0.15, 0.2) is 24.3 Å². The highest BCUT2D eigenvalue weighted by Gasteiger charge is 2.06. The van der Waals surface area contributed by atoms with Crippen molar-refractivity contribution in [3.8, 4) is 5.75 Å². The van der Waals surface area contributed by atoms with Gasteiger partial charge in [0.05, 0.1) is 18.8 Å². The van der Waals surface area contributed by atoms with Gasteiger partial charge in [0.25, 0.3) is 0 Å². The molecule has 0 aliphatic heterocycles. The Morgan fingerprint density at radius 3 is 2.81 bits per heavy atom. The number of carbonyl (C=O) groups is 1. The molecule has 1 aromatic carbocycles. The summed E-state index contributed by atoms with van der Waals surface area (Å²) in [6.45, 7) is 2.27. The summed E-state index contributed by atoms with van der Waals surface area (Å²) in [4.78, 5) is 11.3. The molecule has 0 aromatic heterocycles. The van der Waals surface area contributed by atoms with Crippen LogP contribution in [-0.4, -0.2) is 35.6 Å². The molecule has 1 rings (SSSR count). The Kier molecular flexibility index (Phi) is 5.96. The van der Waals surface area contributed by atoms with Crippen molar-refractivity contribution in [1.82, 2.24) is 0 Å². The maximum absolute atomic E-state index is 11.3. The molecule has 0 aliphatic carbocycles. The van der Waals surface area contributed by atoms with E-state index in [0.29, 0.717) is 17.9 Å². The third kappa shape index (κ3) is 4.24. The van der Waals surface area contributed by atoms with Gasteiger partial charge in [-0.3, -0.25) is 4.79 Å². The van der Waals surface area contributed by atoms with Gasteiger partial charge in [0.2, 0.25) is 0 Å². The normalized spacial score (nSPS) is 10.1. The first-order chi connectivity index (χ1) is 7.75. The van der Waals surface area contributed by atoms with E-state index < -0.39 is 0 Å². The summed E-state index contributed by atoms with van der Waals surface area (Å²) in [6.07, 6.45) is 0. The fourth-order valence-corrected chi connectivity index (χ4v) is 1.79. The van der Waals surface area contributed by atoms with Crippen LogP contribution in [0.4, 0.5) is 0 Å². The first-order valence-corrected chi connectivity index (χ1v) is 6.32. The summed E-state index contributed by atoms with van der Waals surface area (Å²) in [7, 11) is 0. The van der Waals surface area contributed by atoms with E-state index in [-0.39, 0.29) is 12.4 Å². The molecule has 0 fully saturated rings. The molecule has 0 aliphatic rings. The number of hydrogen-bond donors (Lipinski definition) is 1. The molecule has 1 N–H and O–H groups in total. The summed E-state index contributed by atoms with van der Waals surface area (Å²) in [5.74, 6) is 2.18. The Balaban J connectivity index is 2.44. The van der Waals surface area contributed by atoms with Gasteiger partial charge in [-0.15, -0.1) is 0 Å². The average molecular weight is 240 g/mol. The van der Waals surface area contributed by atoms with E-state index >= 15 is 0 Å². The molecule has 3 nitrogen and oxygen atoms in total. The summed E-state index contributed by atoms with van der Waals surface area (Å²) < 4.78 is 5.52.